The van der Waals surface area contributed by atoms with Gasteiger partial charge in [0, 0.05) is 23.1 Å². The molecule has 0 fully saturated rings. The average Bonchev–Trinajstić information content (AvgIpc) is 2.91. The highest BCUT2D eigenvalue weighted by Gasteiger charge is 2.29. The van der Waals surface area contributed by atoms with Crippen molar-refractivity contribution in [2.45, 2.75) is 13.8 Å². The number of hydrogen-bond acceptors (Lipinski definition) is 7. The fourth-order valence-corrected chi connectivity index (χ4v) is 4.54. The number of nitro benzene ring substituents is 1. The van der Waals surface area contributed by atoms with E-state index in [1.54, 1.807) is 19.9 Å². The number of fused-ring (bicyclic) bond motifs is 4. The largest absolute Gasteiger partial charge is 0.462 e. The van der Waals surface area contributed by atoms with Crippen LogP contribution in [0.5, 0.6) is 0 Å². The number of rotatable bonds is 6. The molecule has 5 aromatic rings. The number of ether oxygens (including phenoxy) is 2. The Morgan fingerprint density at radius 2 is 1.43 bits per heavy atom. The van der Waals surface area contributed by atoms with Gasteiger partial charge in [0.15, 0.2) is 0 Å². The Balaban J connectivity index is 1.93. The molecule has 0 radical (unpaired) electrons. The Kier molecular flexibility index (Phi) is 6.23. The number of carbonyl (C=O) groups is 2. The van der Waals surface area contributed by atoms with E-state index in [1.807, 2.05) is 42.5 Å². The maximum Gasteiger partial charge on any atom is 0.341 e. The van der Waals surface area contributed by atoms with Crippen molar-refractivity contribution in [1.82, 2.24) is 4.98 Å². The van der Waals surface area contributed by atoms with Gasteiger partial charge in [-0.25, -0.2) is 14.6 Å². The van der Waals surface area contributed by atoms with Gasteiger partial charge in [-0.2, -0.15) is 0 Å². The molecule has 8 heteroatoms. The molecule has 0 bridgehead atoms. The molecular formula is C29H22N2O6. The van der Waals surface area contributed by atoms with E-state index in [1.165, 1.54) is 24.3 Å². The summed E-state index contributed by atoms with van der Waals surface area (Å²) >= 11 is 0. The van der Waals surface area contributed by atoms with Crippen LogP contribution in [0.4, 0.5) is 5.69 Å². The van der Waals surface area contributed by atoms with Crippen LogP contribution in [0.1, 0.15) is 34.6 Å². The lowest BCUT2D eigenvalue weighted by molar-refractivity contribution is -0.384. The third kappa shape index (κ3) is 4.23. The van der Waals surface area contributed by atoms with Crippen LogP contribution in [0.2, 0.25) is 0 Å². The highest BCUT2D eigenvalue weighted by molar-refractivity contribution is 6.23. The Labute approximate surface area is 211 Å². The van der Waals surface area contributed by atoms with Crippen molar-refractivity contribution in [2.75, 3.05) is 13.2 Å². The van der Waals surface area contributed by atoms with Crippen LogP contribution >= 0.6 is 0 Å². The van der Waals surface area contributed by atoms with Crippen molar-refractivity contribution in [3.8, 4) is 11.3 Å². The van der Waals surface area contributed by atoms with Gasteiger partial charge in [-0.05, 0) is 65.7 Å². The molecule has 0 N–H and O–H groups in total. The van der Waals surface area contributed by atoms with E-state index in [2.05, 4.69) is 0 Å². The van der Waals surface area contributed by atoms with Crippen molar-refractivity contribution < 1.29 is 24.0 Å². The molecule has 0 atom stereocenters. The third-order valence-corrected chi connectivity index (χ3v) is 6.14. The summed E-state index contributed by atoms with van der Waals surface area (Å²) in [7, 11) is 0. The Morgan fingerprint density at radius 3 is 2.05 bits per heavy atom. The predicted octanol–water partition coefficient (Wildman–Crippen LogP) is 6.47. The van der Waals surface area contributed by atoms with E-state index < -0.39 is 16.9 Å². The minimum Gasteiger partial charge on any atom is -0.462 e. The number of aromatic nitrogens is 1. The van der Waals surface area contributed by atoms with Gasteiger partial charge in [-0.15, -0.1) is 0 Å². The molecule has 0 spiro atoms. The first-order chi connectivity index (χ1) is 17.9. The summed E-state index contributed by atoms with van der Waals surface area (Å²) in [5.41, 5.74) is 1.00. The molecule has 1 aromatic heterocycles. The topological polar surface area (TPSA) is 109 Å². The van der Waals surface area contributed by atoms with Gasteiger partial charge in [0.25, 0.3) is 5.69 Å². The standard InChI is InChI=1S/C29H22N2O6/c1-3-36-28(32)25-24-22-16-19-8-6-5-7-18(19)15-20(22)11-14-23(24)30-27(26(25)29(33)37-4-2)17-9-12-21(13-10-17)31(34)35/h5-16H,3-4H2,1-2H3. The molecule has 4 aromatic carbocycles. The SMILES string of the molecule is CCOC(=O)c1c(-c2ccc([N+](=O)[O-])cc2)nc2ccc3cc4ccccc4cc3c2c1C(=O)OCC. The molecule has 0 amide bonds. The van der Waals surface area contributed by atoms with E-state index in [0.29, 0.717) is 16.5 Å². The predicted molar refractivity (Wildman–Crippen MR) is 141 cm³/mol. The number of pyridine rings is 1. The summed E-state index contributed by atoms with van der Waals surface area (Å²) in [4.78, 5) is 42.3. The van der Waals surface area contributed by atoms with Crippen LogP contribution in [0.15, 0.2) is 72.8 Å². The average molecular weight is 495 g/mol. The van der Waals surface area contributed by atoms with Crippen molar-refractivity contribution in [3.63, 3.8) is 0 Å². The fourth-order valence-electron chi connectivity index (χ4n) is 4.54. The normalized spacial score (nSPS) is 11.1. The smallest absolute Gasteiger partial charge is 0.341 e. The summed E-state index contributed by atoms with van der Waals surface area (Å²) in [6.07, 6.45) is 0. The van der Waals surface area contributed by atoms with Crippen molar-refractivity contribution in [3.05, 3.63) is 94.0 Å². The van der Waals surface area contributed by atoms with Gasteiger partial charge >= 0.3 is 11.9 Å². The molecule has 0 aliphatic rings. The molecule has 0 aliphatic heterocycles. The van der Waals surface area contributed by atoms with Gasteiger partial charge < -0.3 is 9.47 Å². The van der Waals surface area contributed by atoms with Crippen molar-refractivity contribution in [1.29, 1.82) is 0 Å². The molecule has 0 saturated heterocycles. The zero-order valence-electron chi connectivity index (χ0n) is 20.2. The van der Waals surface area contributed by atoms with Gasteiger partial charge in [-0.3, -0.25) is 10.1 Å². The molecule has 0 aliphatic carbocycles. The van der Waals surface area contributed by atoms with Crippen LogP contribution in [0, 0.1) is 10.1 Å². The highest BCUT2D eigenvalue weighted by Crippen LogP contribution is 2.37. The summed E-state index contributed by atoms with van der Waals surface area (Å²) in [5.74, 6) is -1.41. The Hall–Kier alpha value is -4.85. The Morgan fingerprint density at radius 1 is 0.811 bits per heavy atom. The monoisotopic (exact) mass is 494 g/mol. The van der Waals surface area contributed by atoms with Crippen LogP contribution in [0.3, 0.4) is 0 Å². The number of esters is 2. The highest BCUT2D eigenvalue weighted by atomic mass is 16.6. The second-order valence-electron chi connectivity index (χ2n) is 8.34. The van der Waals surface area contributed by atoms with Crippen LogP contribution in [-0.4, -0.2) is 35.1 Å². The molecule has 37 heavy (non-hydrogen) atoms. The lowest BCUT2D eigenvalue weighted by Gasteiger charge is -2.17. The van der Waals surface area contributed by atoms with Gasteiger partial charge in [-0.1, -0.05) is 30.3 Å². The van der Waals surface area contributed by atoms with Crippen LogP contribution < -0.4 is 0 Å². The maximum atomic E-state index is 13.5. The van der Waals surface area contributed by atoms with Gasteiger partial charge in [0.1, 0.15) is 5.56 Å². The first kappa shape index (κ1) is 23.9. The minimum absolute atomic E-state index is 0.0395. The summed E-state index contributed by atoms with van der Waals surface area (Å²) in [5, 5.41) is 15.3. The number of nitro groups is 1. The van der Waals surface area contributed by atoms with E-state index >= 15 is 0 Å². The first-order valence-electron chi connectivity index (χ1n) is 11.8. The fraction of sp³-hybridized carbons (Fsp3) is 0.138. The van der Waals surface area contributed by atoms with E-state index in [-0.39, 0.29) is 35.7 Å². The molecule has 5 rings (SSSR count). The number of hydrogen-bond donors (Lipinski definition) is 0. The van der Waals surface area contributed by atoms with E-state index in [0.717, 1.165) is 21.5 Å². The Bertz CT molecular complexity index is 1710. The second kappa shape index (κ2) is 9.66. The number of carbonyl (C=O) groups excluding carboxylic acids is 2. The minimum atomic E-state index is -0.730. The summed E-state index contributed by atoms with van der Waals surface area (Å²) in [6.45, 7) is 3.54. The van der Waals surface area contributed by atoms with Crippen molar-refractivity contribution >= 4 is 50.1 Å². The summed E-state index contributed by atoms with van der Waals surface area (Å²) < 4.78 is 10.8. The first-order valence-corrected chi connectivity index (χ1v) is 11.8. The van der Waals surface area contributed by atoms with E-state index in [4.69, 9.17) is 14.5 Å². The number of nitrogens with zero attached hydrogens (tertiary/aromatic N) is 2. The second-order valence-corrected chi connectivity index (χ2v) is 8.34. The molecule has 184 valence electrons. The number of benzene rings is 4. The van der Waals surface area contributed by atoms with Crippen LogP contribution in [0.25, 0.3) is 43.7 Å². The zero-order valence-corrected chi connectivity index (χ0v) is 20.2. The molecule has 8 nitrogen and oxygen atoms in total. The number of non-ortho nitro benzene ring substituents is 1. The van der Waals surface area contributed by atoms with Crippen molar-refractivity contribution in [2.24, 2.45) is 0 Å². The quantitative estimate of drug-likeness (QED) is 0.0875. The lowest BCUT2D eigenvalue weighted by atomic mass is 9.92. The maximum absolute atomic E-state index is 13.5. The van der Waals surface area contributed by atoms with Gasteiger partial charge in [0.2, 0.25) is 0 Å². The zero-order chi connectivity index (χ0) is 26.1. The molecule has 0 saturated carbocycles. The van der Waals surface area contributed by atoms with E-state index in [9.17, 15) is 19.7 Å². The lowest BCUT2D eigenvalue weighted by Crippen LogP contribution is -2.17. The molecule has 1 heterocycles. The van der Waals surface area contributed by atoms with Crippen LogP contribution in [-0.2, 0) is 9.47 Å². The molecule has 0 unspecified atom stereocenters. The third-order valence-electron chi connectivity index (χ3n) is 6.14. The molecular weight excluding hydrogens is 472 g/mol. The summed E-state index contributed by atoms with van der Waals surface area (Å²) in [6, 6.07) is 21.2. The van der Waals surface area contributed by atoms with Gasteiger partial charge in [0.05, 0.1) is 34.9 Å².